The molecule has 0 N–H and O–H groups in total. The van der Waals surface area contributed by atoms with Gasteiger partial charge in [-0.05, 0) is 35.9 Å². The molecule has 0 amide bonds. The van der Waals surface area contributed by atoms with E-state index in [2.05, 4.69) is 4.98 Å². The molecule has 2 heterocycles. The number of rotatable bonds is 5. The van der Waals surface area contributed by atoms with E-state index in [1.165, 1.54) is 22.5 Å². The molecule has 0 bridgehead atoms. The highest BCUT2D eigenvalue weighted by atomic mass is 35.5. The van der Waals surface area contributed by atoms with Crippen molar-refractivity contribution in [2.24, 2.45) is 0 Å². The second kappa shape index (κ2) is 9.12. The lowest BCUT2D eigenvalue weighted by atomic mass is 10.2. The molecule has 0 radical (unpaired) electrons. The van der Waals surface area contributed by atoms with E-state index in [9.17, 15) is 18.1 Å². The summed E-state index contributed by atoms with van der Waals surface area (Å²) in [6.45, 7) is 0.919. The van der Waals surface area contributed by atoms with Crippen LogP contribution in [0.15, 0.2) is 57.8 Å². The molecule has 1 aliphatic rings. The van der Waals surface area contributed by atoms with E-state index in [0.717, 1.165) is 11.6 Å². The molecule has 0 spiro atoms. The van der Waals surface area contributed by atoms with Crippen LogP contribution >= 0.6 is 11.6 Å². The number of nitrogens with zero attached hydrogens (tertiary/aromatic N) is 4. The molecule has 10 heteroatoms. The number of hydrogen-bond acceptors (Lipinski definition) is 6. The van der Waals surface area contributed by atoms with Crippen molar-refractivity contribution in [2.75, 3.05) is 31.1 Å². The normalized spacial score (nSPS) is 15.2. The Balaban J connectivity index is 1.49. The van der Waals surface area contributed by atoms with Crippen LogP contribution in [0.3, 0.4) is 0 Å². The van der Waals surface area contributed by atoms with Crippen molar-refractivity contribution in [3.8, 4) is 6.07 Å². The molecule has 1 aliphatic heterocycles. The first-order valence-electron chi connectivity index (χ1n) is 9.72. The van der Waals surface area contributed by atoms with Gasteiger partial charge in [0.2, 0.25) is 27.5 Å². The van der Waals surface area contributed by atoms with Crippen LogP contribution in [0.5, 0.6) is 0 Å². The first kappa shape index (κ1) is 22.0. The Morgan fingerprint density at radius 2 is 1.84 bits per heavy atom. The molecule has 2 aromatic carbocycles. The van der Waals surface area contributed by atoms with Crippen LogP contribution in [0.25, 0.3) is 12.2 Å². The minimum Gasteiger partial charge on any atom is -0.420 e. The second-order valence-corrected chi connectivity index (χ2v) is 9.37. The quantitative estimate of drug-likeness (QED) is 0.557. The number of benzene rings is 2. The predicted octanol–water partition coefficient (Wildman–Crippen LogP) is 4.02. The van der Waals surface area contributed by atoms with Gasteiger partial charge in [-0.2, -0.15) is 14.6 Å². The van der Waals surface area contributed by atoms with Crippen molar-refractivity contribution in [2.45, 2.75) is 4.90 Å². The Morgan fingerprint density at radius 1 is 1.09 bits per heavy atom. The number of aromatic nitrogens is 1. The summed E-state index contributed by atoms with van der Waals surface area (Å²) in [5.74, 6) is -0.0807. The third-order valence-electron chi connectivity index (χ3n) is 5.00. The summed E-state index contributed by atoms with van der Waals surface area (Å²) in [6.07, 6.45) is 3.36. The van der Waals surface area contributed by atoms with E-state index >= 15 is 0 Å². The van der Waals surface area contributed by atoms with E-state index in [4.69, 9.17) is 16.0 Å². The lowest BCUT2D eigenvalue weighted by molar-refractivity contribution is 0.373. The number of hydrogen-bond donors (Lipinski definition) is 0. The molecular formula is C22H18ClFN4O3S. The van der Waals surface area contributed by atoms with Crippen LogP contribution in [0, 0.1) is 17.1 Å². The maximum absolute atomic E-state index is 13.5. The molecule has 1 aromatic heterocycles. The summed E-state index contributed by atoms with van der Waals surface area (Å²) in [7, 11) is -3.81. The molecule has 4 rings (SSSR count). The van der Waals surface area contributed by atoms with E-state index in [1.807, 2.05) is 24.3 Å². The predicted molar refractivity (Wildman–Crippen MR) is 119 cm³/mol. The van der Waals surface area contributed by atoms with Gasteiger partial charge in [-0.25, -0.2) is 12.8 Å². The number of anilines is 1. The summed E-state index contributed by atoms with van der Waals surface area (Å²) in [4.78, 5) is 5.89. The van der Waals surface area contributed by atoms with Crippen molar-refractivity contribution in [1.82, 2.24) is 9.29 Å². The maximum atomic E-state index is 13.5. The molecule has 7 nitrogen and oxygen atoms in total. The molecule has 0 saturated carbocycles. The highest BCUT2D eigenvalue weighted by molar-refractivity contribution is 7.89. The fraction of sp³-hybridized carbons (Fsp3) is 0.182. The molecule has 1 fully saturated rings. The fourth-order valence-corrected chi connectivity index (χ4v) is 5.02. The number of sulfonamides is 1. The minimum absolute atomic E-state index is 0.0877. The van der Waals surface area contributed by atoms with Crippen molar-refractivity contribution >= 4 is 39.7 Å². The summed E-state index contributed by atoms with van der Waals surface area (Å²) in [6, 6.07) is 14.2. The van der Waals surface area contributed by atoms with Crippen LogP contribution in [0.1, 0.15) is 17.1 Å². The van der Waals surface area contributed by atoms with Crippen molar-refractivity contribution in [3.05, 3.63) is 76.5 Å². The first-order valence-corrected chi connectivity index (χ1v) is 11.5. The minimum atomic E-state index is -3.81. The fourth-order valence-electron chi connectivity index (χ4n) is 3.37. The Bertz CT molecular complexity index is 1310. The maximum Gasteiger partial charge on any atom is 0.243 e. The van der Waals surface area contributed by atoms with Gasteiger partial charge in [0.25, 0.3) is 0 Å². The van der Waals surface area contributed by atoms with Crippen LogP contribution in [0.2, 0.25) is 5.02 Å². The van der Waals surface area contributed by atoms with Crippen molar-refractivity contribution in [3.63, 3.8) is 0 Å². The van der Waals surface area contributed by atoms with Crippen molar-refractivity contribution in [1.29, 1.82) is 5.26 Å². The van der Waals surface area contributed by atoms with Crippen LogP contribution in [-0.4, -0.2) is 43.9 Å². The third kappa shape index (κ3) is 4.53. The monoisotopic (exact) mass is 472 g/mol. The SMILES string of the molecule is N#Cc1nc(/C=C/c2ccccc2Cl)oc1N1CCN(S(=O)(=O)c2cccc(F)c2)CC1. The molecule has 0 unspecified atom stereocenters. The average molecular weight is 473 g/mol. The highest BCUT2D eigenvalue weighted by Gasteiger charge is 2.31. The third-order valence-corrected chi connectivity index (χ3v) is 7.24. The molecule has 164 valence electrons. The van der Waals surface area contributed by atoms with Gasteiger partial charge in [-0.15, -0.1) is 0 Å². The number of halogens is 2. The Kier molecular flexibility index (Phi) is 6.28. The van der Waals surface area contributed by atoms with Gasteiger partial charge >= 0.3 is 0 Å². The topological polar surface area (TPSA) is 90.4 Å². The van der Waals surface area contributed by atoms with Gasteiger partial charge < -0.3 is 9.32 Å². The van der Waals surface area contributed by atoms with Crippen LogP contribution in [-0.2, 0) is 10.0 Å². The van der Waals surface area contributed by atoms with Gasteiger partial charge in [-0.1, -0.05) is 35.9 Å². The Morgan fingerprint density at radius 3 is 2.53 bits per heavy atom. The Hall–Kier alpha value is -3.19. The lowest BCUT2D eigenvalue weighted by Crippen LogP contribution is -2.48. The lowest BCUT2D eigenvalue weighted by Gasteiger charge is -2.33. The average Bonchev–Trinajstić information content (AvgIpc) is 3.22. The zero-order chi connectivity index (χ0) is 22.7. The summed E-state index contributed by atoms with van der Waals surface area (Å²) in [5, 5.41) is 10.0. The van der Waals surface area contributed by atoms with Gasteiger partial charge in [0.05, 0.1) is 4.90 Å². The molecular weight excluding hydrogens is 455 g/mol. The zero-order valence-corrected chi connectivity index (χ0v) is 18.4. The highest BCUT2D eigenvalue weighted by Crippen LogP contribution is 2.26. The summed E-state index contributed by atoms with van der Waals surface area (Å²) in [5.41, 5.74) is 0.897. The summed E-state index contributed by atoms with van der Waals surface area (Å²) < 4.78 is 46.1. The van der Waals surface area contributed by atoms with Crippen LogP contribution in [0.4, 0.5) is 10.3 Å². The second-order valence-electron chi connectivity index (χ2n) is 7.02. The standard InChI is InChI=1S/C22H18ClFN4O3S/c23-19-7-2-1-4-16(19)8-9-21-26-20(15-25)22(31-21)27-10-12-28(13-11-27)32(29,30)18-6-3-5-17(24)14-18/h1-9,14H,10-13H2/b9-8+. The number of nitriles is 1. The van der Waals surface area contributed by atoms with Gasteiger partial charge in [-0.3, -0.25) is 0 Å². The van der Waals surface area contributed by atoms with E-state index in [1.54, 1.807) is 23.1 Å². The first-order chi connectivity index (χ1) is 15.4. The van der Waals surface area contributed by atoms with Gasteiger partial charge in [0, 0.05) is 37.3 Å². The van der Waals surface area contributed by atoms with Gasteiger partial charge in [0.15, 0.2) is 0 Å². The van der Waals surface area contributed by atoms with Crippen molar-refractivity contribution < 1.29 is 17.2 Å². The smallest absolute Gasteiger partial charge is 0.243 e. The molecule has 0 aliphatic carbocycles. The van der Waals surface area contributed by atoms with E-state index < -0.39 is 15.8 Å². The molecule has 32 heavy (non-hydrogen) atoms. The summed E-state index contributed by atoms with van der Waals surface area (Å²) >= 11 is 6.14. The largest absolute Gasteiger partial charge is 0.420 e. The van der Waals surface area contributed by atoms with Crippen LogP contribution < -0.4 is 4.90 Å². The van der Waals surface area contributed by atoms with Gasteiger partial charge in [0.1, 0.15) is 11.9 Å². The molecule has 3 aromatic rings. The Labute approximate surface area is 190 Å². The molecule has 0 atom stereocenters. The molecule has 1 saturated heterocycles. The number of piperazine rings is 1. The zero-order valence-electron chi connectivity index (χ0n) is 16.8. The van der Waals surface area contributed by atoms with E-state index in [-0.39, 0.29) is 35.5 Å². The van der Waals surface area contributed by atoms with E-state index in [0.29, 0.717) is 18.1 Å². The number of oxazole rings is 1.